The number of primary amides is 1. The first-order valence-electron chi connectivity index (χ1n) is 8.44. The summed E-state index contributed by atoms with van der Waals surface area (Å²) in [6.07, 6.45) is 1.23. The van der Waals surface area contributed by atoms with Gasteiger partial charge < -0.3 is 24.9 Å². The van der Waals surface area contributed by atoms with Gasteiger partial charge in [-0.15, -0.1) is 0 Å². The number of carbonyl (C=O) groups is 1. The molecule has 1 aliphatic rings. The number of rotatable bonds is 9. The van der Waals surface area contributed by atoms with Crippen LogP contribution in [-0.2, 0) is 17.9 Å². The van der Waals surface area contributed by atoms with Crippen molar-refractivity contribution < 1.29 is 18.7 Å². The highest BCUT2D eigenvalue weighted by Crippen LogP contribution is 2.47. The highest BCUT2D eigenvalue weighted by Gasteiger charge is 2.36. The number of furan rings is 1. The lowest BCUT2D eigenvalue weighted by Gasteiger charge is -2.11. The summed E-state index contributed by atoms with van der Waals surface area (Å²) in [5, 5.41) is 3.36. The third kappa shape index (κ3) is 4.54. The first kappa shape index (κ1) is 17.4. The summed E-state index contributed by atoms with van der Waals surface area (Å²) in [6, 6.07) is 9.69. The van der Waals surface area contributed by atoms with Crippen molar-refractivity contribution in [1.82, 2.24) is 5.32 Å². The Morgan fingerprint density at radius 1 is 1.28 bits per heavy atom. The summed E-state index contributed by atoms with van der Waals surface area (Å²) in [5.41, 5.74) is 6.14. The van der Waals surface area contributed by atoms with Crippen LogP contribution in [0.5, 0.6) is 11.5 Å². The summed E-state index contributed by atoms with van der Waals surface area (Å²) in [4.78, 5) is 10.8. The molecule has 1 saturated carbocycles. The highest BCUT2D eigenvalue weighted by atomic mass is 16.5. The van der Waals surface area contributed by atoms with Crippen molar-refractivity contribution in [3.63, 3.8) is 0 Å². The zero-order chi connectivity index (χ0) is 17.8. The van der Waals surface area contributed by atoms with Crippen LogP contribution < -0.4 is 20.5 Å². The van der Waals surface area contributed by atoms with Crippen LogP contribution in [0.25, 0.3) is 0 Å². The molecule has 1 aromatic heterocycles. The largest absolute Gasteiger partial charge is 0.493 e. The van der Waals surface area contributed by atoms with Gasteiger partial charge >= 0.3 is 0 Å². The lowest BCUT2D eigenvalue weighted by Crippen LogP contribution is -2.20. The third-order valence-electron chi connectivity index (χ3n) is 4.38. The van der Waals surface area contributed by atoms with E-state index in [-0.39, 0.29) is 6.61 Å². The van der Waals surface area contributed by atoms with Gasteiger partial charge in [-0.05, 0) is 42.2 Å². The van der Waals surface area contributed by atoms with Crippen LogP contribution in [0.4, 0.5) is 0 Å². The number of methoxy groups -OCH3 is 1. The maximum atomic E-state index is 10.8. The second kappa shape index (κ2) is 7.61. The van der Waals surface area contributed by atoms with E-state index in [0.29, 0.717) is 30.5 Å². The molecule has 2 unspecified atom stereocenters. The molecule has 2 aromatic rings. The second-order valence-electron chi connectivity index (χ2n) is 6.47. The predicted octanol–water partition coefficient (Wildman–Crippen LogP) is 2.57. The number of hydrogen-bond donors (Lipinski definition) is 2. The number of nitrogens with two attached hydrogens (primary N) is 1. The zero-order valence-corrected chi connectivity index (χ0v) is 14.6. The van der Waals surface area contributed by atoms with E-state index in [1.165, 1.54) is 6.42 Å². The van der Waals surface area contributed by atoms with Crippen LogP contribution in [0.15, 0.2) is 34.7 Å². The van der Waals surface area contributed by atoms with E-state index >= 15 is 0 Å². The maximum absolute atomic E-state index is 10.8. The highest BCUT2D eigenvalue weighted by molar-refractivity contribution is 5.75. The van der Waals surface area contributed by atoms with Gasteiger partial charge in [0, 0.05) is 12.5 Å². The van der Waals surface area contributed by atoms with Gasteiger partial charge in [0.05, 0.1) is 13.7 Å². The predicted molar refractivity (Wildman–Crippen MR) is 93.5 cm³/mol. The molecule has 0 aliphatic heterocycles. The van der Waals surface area contributed by atoms with Gasteiger partial charge in [-0.3, -0.25) is 4.79 Å². The molecule has 2 atom stereocenters. The fourth-order valence-electron chi connectivity index (χ4n) is 2.83. The molecular formula is C19H24N2O4. The molecule has 1 heterocycles. The number of benzene rings is 1. The van der Waals surface area contributed by atoms with E-state index in [0.717, 1.165) is 23.0 Å². The molecule has 0 saturated heterocycles. The minimum Gasteiger partial charge on any atom is -0.493 e. The summed E-state index contributed by atoms with van der Waals surface area (Å²) in [5.74, 6) is 3.94. The lowest BCUT2D eigenvalue weighted by molar-refractivity contribution is -0.119. The minimum atomic E-state index is -0.522. The number of hydrogen-bond acceptors (Lipinski definition) is 5. The quantitative estimate of drug-likeness (QED) is 0.730. The Labute approximate surface area is 147 Å². The molecule has 1 aliphatic carbocycles. The Bertz CT molecular complexity index is 741. The summed E-state index contributed by atoms with van der Waals surface area (Å²) in [7, 11) is 1.56. The van der Waals surface area contributed by atoms with Crippen molar-refractivity contribution in [1.29, 1.82) is 0 Å². The molecule has 0 radical (unpaired) electrons. The molecule has 6 nitrogen and oxygen atoms in total. The van der Waals surface area contributed by atoms with Gasteiger partial charge in [-0.25, -0.2) is 0 Å². The fraction of sp³-hybridized carbons (Fsp3) is 0.421. The van der Waals surface area contributed by atoms with Crippen LogP contribution in [0.2, 0.25) is 0 Å². The van der Waals surface area contributed by atoms with E-state index in [2.05, 4.69) is 18.3 Å². The molecule has 3 N–H and O–H groups in total. The first-order valence-corrected chi connectivity index (χ1v) is 8.44. The van der Waals surface area contributed by atoms with Gasteiger partial charge in [0.2, 0.25) is 0 Å². The standard InChI is InChI=1S/C19H24N2O4/c1-12-7-15(12)16-6-4-14(25-16)10-21-9-13-3-5-17(18(8-13)23-2)24-11-19(20)22/h3-6,8,12,15,21H,7,9-11H2,1-2H3,(H2,20,22). The maximum Gasteiger partial charge on any atom is 0.255 e. The van der Waals surface area contributed by atoms with Crippen molar-refractivity contribution >= 4 is 5.91 Å². The van der Waals surface area contributed by atoms with E-state index < -0.39 is 5.91 Å². The van der Waals surface area contributed by atoms with Crippen LogP contribution in [0.1, 0.15) is 36.3 Å². The number of nitrogens with one attached hydrogen (secondary N) is 1. The molecular weight excluding hydrogens is 320 g/mol. The van der Waals surface area contributed by atoms with E-state index in [1.54, 1.807) is 13.2 Å². The number of carbonyl (C=O) groups excluding carboxylic acids is 1. The minimum absolute atomic E-state index is 0.172. The van der Waals surface area contributed by atoms with Gasteiger partial charge in [0.1, 0.15) is 11.5 Å². The van der Waals surface area contributed by atoms with Crippen molar-refractivity contribution in [3.05, 3.63) is 47.4 Å². The summed E-state index contributed by atoms with van der Waals surface area (Å²) in [6.45, 7) is 3.41. The molecule has 6 heteroatoms. The van der Waals surface area contributed by atoms with Crippen molar-refractivity contribution in [2.24, 2.45) is 11.7 Å². The lowest BCUT2D eigenvalue weighted by atomic mass is 10.2. The zero-order valence-electron chi connectivity index (χ0n) is 14.6. The Kier molecular flexibility index (Phi) is 5.28. The molecule has 0 spiro atoms. The number of ether oxygens (including phenoxy) is 2. The average Bonchev–Trinajstić information content (AvgIpc) is 3.14. The molecule has 1 aromatic carbocycles. The van der Waals surface area contributed by atoms with E-state index in [4.69, 9.17) is 19.6 Å². The topological polar surface area (TPSA) is 86.7 Å². The molecule has 3 rings (SSSR count). The van der Waals surface area contributed by atoms with Crippen LogP contribution in [0.3, 0.4) is 0 Å². The van der Waals surface area contributed by atoms with Crippen molar-refractivity contribution in [3.8, 4) is 11.5 Å². The smallest absolute Gasteiger partial charge is 0.255 e. The Balaban J connectivity index is 1.52. The van der Waals surface area contributed by atoms with Gasteiger partial charge in [-0.1, -0.05) is 13.0 Å². The summed E-state index contributed by atoms with van der Waals surface area (Å²) >= 11 is 0. The average molecular weight is 344 g/mol. The van der Waals surface area contributed by atoms with Crippen LogP contribution in [-0.4, -0.2) is 19.6 Å². The summed E-state index contributed by atoms with van der Waals surface area (Å²) < 4.78 is 16.5. The SMILES string of the molecule is COc1cc(CNCc2ccc(C3CC3C)o2)ccc1OCC(N)=O. The van der Waals surface area contributed by atoms with E-state index in [9.17, 15) is 4.79 Å². The molecule has 0 bridgehead atoms. The normalized spacial score (nSPS) is 18.8. The van der Waals surface area contributed by atoms with Crippen LogP contribution >= 0.6 is 0 Å². The molecule has 1 amide bonds. The van der Waals surface area contributed by atoms with Gasteiger partial charge in [-0.2, -0.15) is 0 Å². The fourth-order valence-corrected chi connectivity index (χ4v) is 2.83. The monoisotopic (exact) mass is 344 g/mol. The first-order chi connectivity index (χ1) is 12.1. The second-order valence-corrected chi connectivity index (χ2v) is 6.47. The van der Waals surface area contributed by atoms with Gasteiger partial charge in [0.25, 0.3) is 5.91 Å². The molecule has 134 valence electrons. The van der Waals surface area contributed by atoms with Crippen molar-refractivity contribution in [2.45, 2.75) is 32.4 Å². The van der Waals surface area contributed by atoms with Crippen LogP contribution in [0, 0.1) is 5.92 Å². The number of amides is 1. The molecule has 1 fully saturated rings. The Morgan fingerprint density at radius 2 is 2.08 bits per heavy atom. The Hall–Kier alpha value is -2.47. The Morgan fingerprint density at radius 3 is 2.76 bits per heavy atom. The third-order valence-corrected chi connectivity index (χ3v) is 4.38. The van der Waals surface area contributed by atoms with E-state index in [1.807, 2.05) is 18.2 Å². The van der Waals surface area contributed by atoms with Crippen molar-refractivity contribution in [2.75, 3.05) is 13.7 Å². The molecule has 25 heavy (non-hydrogen) atoms. The van der Waals surface area contributed by atoms with Gasteiger partial charge in [0.15, 0.2) is 18.1 Å².